The molecule has 1 aromatic rings. The summed E-state index contributed by atoms with van der Waals surface area (Å²) in [6.07, 6.45) is 3.89. The Morgan fingerprint density at radius 1 is 1.14 bits per heavy atom. The van der Waals surface area contributed by atoms with Gasteiger partial charge in [0, 0.05) is 23.7 Å². The number of nitrogens with one attached hydrogen (secondary N) is 1. The van der Waals surface area contributed by atoms with Crippen LogP contribution in [0.4, 0.5) is 0 Å². The third kappa shape index (κ3) is 3.08. The summed E-state index contributed by atoms with van der Waals surface area (Å²) in [5, 5.41) is 12.2. The van der Waals surface area contributed by atoms with Gasteiger partial charge in [0.05, 0.1) is 12.6 Å². The van der Waals surface area contributed by atoms with Gasteiger partial charge in [-0.1, -0.05) is 0 Å². The molecule has 0 radical (unpaired) electrons. The fourth-order valence-corrected chi connectivity index (χ4v) is 2.72. The summed E-state index contributed by atoms with van der Waals surface area (Å²) in [6.45, 7) is 0.696. The number of aliphatic hydroxyl groups excluding tert-OH is 1. The van der Waals surface area contributed by atoms with Gasteiger partial charge in [-0.2, -0.15) is 0 Å². The molecule has 3 rings (SSSR count). The Labute approximate surface area is 123 Å². The standard InChI is InChI=1S/C16H20N2O3/c19-10-14-2-1-9-18(14)16(21)12-5-3-11(4-6-12)15(20)17-13-7-8-13/h3-6,13-14,19H,1-2,7-10H2,(H,17,20). The summed E-state index contributed by atoms with van der Waals surface area (Å²) in [4.78, 5) is 26.0. The zero-order valence-electron chi connectivity index (χ0n) is 11.9. The number of aliphatic hydroxyl groups is 1. The number of rotatable bonds is 4. The van der Waals surface area contributed by atoms with Crippen LogP contribution in [0.3, 0.4) is 0 Å². The van der Waals surface area contributed by atoms with Gasteiger partial charge in [0.1, 0.15) is 0 Å². The van der Waals surface area contributed by atoms with Gasteiger partial charge in [0.15, 0.2) is 0 Å². The molecule has 1 saturated carbocycles. The van der Waals surface area contributed by atoms with Crippen molar-refractivity contribution >= 4 is 11.8 Å². The smallest absolute Gasteiger partial charge is 0.254 e. The van der Waals surface area contributed by atoms with Crippen LogP contribution in [0.5, 0.6) is 0 Å². The van der Waals surface area contributed by atoms with Crippen molar-refractivity contribution in [3.63, 3.8) is 0 Å². The maximum atomic E-state index is 12.4. The fourth-order valence-electron chi connectivity index (χ4n) is 2.72. The van der Waals surface area contributed by atoms with Crippen LogP contribution in [0, 0.1) is 0 Å². The summed E-state index contributed by atoms with van der Waals surface area (Å²) in [7, 11) is 0. The number of hydrogen-bond donors (Lipinski definition) is 2. The quantitative estimate of drug-likeness (QED) is 0.874. The maximum absolute atomic E-state index is 12.4. The van der Waals surface area contributed by atoms with E-state index in [0.717, 1.165) is 25.7 Å². The van der Waals surface area contributed by atoms with E-state index in [9.17, 15) is 14.7 Å². The largest absolute Gasteiger partial charge is 0.394 e. The van der Waals surface area contributed by atoms with Crippen molar-refractivity contribution in [2.75, 3.05) is 13.2 Å². The molecule has 112 valence electrons. The molecule has 1 aromatic carbocycles. The lowest BCUT2D eigenvalue weighted by Crippen LogP contribution is -2.37. The molecule has 2 fully saturated rings. The van der Waals surface area contributed by atoms with E-state index in [1.54, 1.807) is 29.2 Å². The Morgan fingerprint density at radius 3 is 2.43 bits per heavy atom. The highest BCUT2D eigenvalue weighted by Crippen LogP contribution is 2.21. The van der Waals surface area contributed by atoms with Crippen molar-refractivity contribution in [1.82, 2.24) is 10.2 Å². The molecule has 0 bridgehead atoms. The van der Waals surface area contributed by atoms with E-state index in [2.05, 4.69) is 5.32 Å². The molecule has 1 aliphatic carbocycles. The highest BCUT2D eigenvalue weighted by Gasteiger charge is 2.29. The van der Waals surface area contributed by atoms with Gasteiger partial charge in [-0.15, -0.1) is 0 Å². The van der Waals surface area contributed by atoms with Crippen LogP contribution in [0.15, 0.2) is 24.3 Å². The first kappa shape index (κ1) is 14.1. The molecule has 5 heteroatoms. The van der Waals surface area contributed by atoms with Gasteiger partial charge >= 0.3 is 0 Å². The zero-order valence-corrected chi connectivity index (χ0v) is 11.9. The average molecular weight is 288 g/mol. The van der Waals surface area contributed by atoms with Crippen molar-refractivity contribution in [1.29, 1.82) is 0 Å². The summed E-state index contributed by atoms with van der Waals surface area (Å²) < 4.78 is 0. The lowest BCUT2D eigenvalue weighted by Gasteiger charge is -2.23. The number of amides is 2. The summed E-state index contributed by atoms with van der Waals surface area (Å²) in [5.74, 6) is -0.147. The minimum absolute atomic E-state index is 0.00756. The lowest BCUT2D eigenvalue weighted by atomic mass is 10.1. The first-order valence-corrected chi connectivity index (χ1v) is 7.52. The zero-order chi connectivity index (χ0) is 14.8. The Balaban J connectivity index is 1.68. The monoisotopic (exact) mass is 288 g/mol. The topological polar surface area (TPSA) is 69.6 Å². The Morgan fingerprint density at radius 2 is 1.81 bits per heavy atom. The third-order valence-electron chi connectivity index (χ3n) is 4.16. The molecule has 1 atom stereocenters. The van der Waals surface area contributed by atoms with E-state index < -0.39 is 0 Å². The predicted octanol–water partition coefficient (Wildman–Crippen LogP) is 1.18. The molecule has 0 spiro atoms. The van der Waals surface area contributed by atoms with Gasteiger partial charge in [0.25, 0.3) is 11.8 Å². The maximum Gasteiger partial charge on any atom is 0.254 e. The molecule has 0 aromatic heterocycles. The van der Waals surface area contributed by atoms with Gasteiger partial charge in [0.2, 0.25) is 0 Å². The molecule has 2 aliphatic rings. The van der Waals surface area contributed by atoms with Crippen LogP contribution in [0.1, 0.15) is 46.4 Å². The van der Waals surface area contributed by atoms with E-state index in [-0.39, 0.29) is 24.5 Å². The van der Waals surface area contributed by atoms with Crippen LogP contribution in [-0.4, -0.2) is 47.1 Å². The molecule has 2 amide bonds. The molecule has 21 heavy (non-hydrogen) atoms. The van der Waals surface area contributed by atoms with Crippen LogP contribution in [-0.2, 0) is 0 Å². The highest BCUT2D eigenvalue weighted by atomic mass is 16.3. The number of carbonyl (C=O) groups is 2. The number of benzene rings is 1. The van der Waals surface area contributed by atoms with E-state index in [4.69, 9.17) is 0 Å². The first-order chi connectivity index (χ1) is 10.2. The Kier molecular flexibility index (Phi) is 3.92. The number of hydrogen-bond acceptors (Lipinski definition) is 3. The minimum atomic E-state index is -0.0779. The Bertz CT molecular complexity index is 537. The van der Waals surface area contributed by atoms with Crippen molar-refractivity contribution in [2.45, 2.75) is 37.8 Å². The first-order valence-electron chi connectivity index (χ1n) is 7.52. The second kappa shape index (κ2) is 5.85. The molecule has 2 N–H and O–H groups in total. The van der Waals surface area contributed by atoms with E-state index in [1.165, 1.54) is 0 Å². The van der Waals surface area contributed by atoms with Crippen LogP contribution in [0.25, 0.3) is 0 Å². The van der Waals surface area contributed by atoms with Crippen molar-refractivity contribution in [2.24, 2.45) is 0 Å². The molecule has 5 nitrogen and oxygen atoms in total. The average Bonchev–Trinajstić information content (AvgIpc) is 3.19. The van der Waals surface area contributed by atoms with E-state index in [0.29, 0.717) is 23.7 Å². The van der Waals surface area contributed by atoms with Crippen LogP contribution >= 0.6 is 0 Å². The summed E-state index contributed by atoms with van der Waals surface area (Å²) in [6, 6.07) is 7.02. The molecular weight excluding hydrogens is 268 g/mol. The van der Waals surface area contributed by atoms with Gasteiger partial charge in [-0.25, -0.2) is 0 Å². The molecule has 1 unspecified atom stereocenters. The second-order valence-electron chi connectivity index (χ2n) is 5.80. The fraction of sp³-hybridized carbons (Fsp3) is 0.500. The second-order valence-corrected chi connectivity index (χ2v) is 5.80. The van der Waals surface area contributed by atoms with Gasteiger partial charge < -0.3 is 15.3 Å². The predicted molar refractivity (Wildman–Crippen MR) is 78.1 cm³/mol. The van der Waals surface area contributed by atoms with Gasteiger partial charge in [-0.05, 0) is 49.9 Å². The van der Waals surface area contributed by atoms with Crippen LogP contribution < -0.4 is 5.32 Å². The number of nitrogens with zero attached hydrogens (tertiary/aromatic N) is 1. The van der Waals surface area contributed by atoms with Gasteiger partial charge in [-0.3, -0.25) is 9.59 Å². The summed E-state index contributed by atoms with van der Waals surface area (Å²) >= 11 is 0. The third-order valence-corrected chi connectivity index (χ3v) is 4.16. The van der Waals surface area contributed by atoms with Crippen molar-refractivity contribution < 1.29 is 14.7 Å². The van der Waals surface area contributed by atoms with E-state index >= 15 is 0 Å². The molecule has 1 saturated heterocycles. The number of likely N-dealkylation sites (tertiary alicyclic amines) is 1. The van der Waals surface area contributed by atoms with E-state index in [1.807, 2.05) is 0 Å². The highest BCUT2D eigenvalue weighted by molar-refractivity contribution is 5.98. The molecular formula is C16H20N2O3. The van der Waals surface area contributed by atoms with Crippen LogP contribution in [0.2, 0.25) is 0 Å². The lowest BCUT2D eigenvalue weighted by molar-refractivity contribution is 0.0677. The minimum Gasteiger partial charge on any atom is -0.394 e. The van der Waals surface area contributed by atoms with Crippen molar-refractivity contribution in [3.8, 4) is 0 Å². The summed E-state index contributed by atoms with van der Waals surface area (Å²) in [5.41, 5.74) is 1.15. The molecule has 1 heterocycles. The number of carbonyl (C=O) groups excluding carboxylic acids is 2. The Hall–Kier alpha value is -1.88. The molecule has 1 aliphatic heterocycles. The van der Waals surface area contributed by atoms with Crippen molar-refractivity contribution in [3.05, 3.63) is 35.4 Å². The SMILES string of the molecule is O=C(NC1CC1)c1ccc(C(=O)N2CCCC2CO)cc1. The normalized spacial score (nSPS) is 21.4.